The van der Waals surface area contributed by atoms with E-state index in [1.54, 1.807) is 0 Å². The minimum absolute atomic E-state index is 0.705. The van der Waals surface area contributed by atoms with Gasteiger partial charge in [-0.25, -0.2) is 4.68 Å². The second-order valence-corrected chi connectivity index (χ2v) is 5.82. The highest BCUT2D eigenvalue weighted by Gasteiger charge is 2.15. The largest absolute Gasteiger partial charge is 0.310 e. The molecule has 0 bridgehead atoms. The van der Waals surface area contributed by atoms with Gasteiger partial charge in [-0.3, -0.25) is 0 Å². The molecule has 1 saturated carbocycles. The summed E-state index contributed by atoms with van der Waals surface area (Å²) in [5, 5.41) is 8.23. The number of aromatic nitrogens is 2. The first-order chi connectivity index (χ1) is 9.75. The van der Waals surface area contributed by atoms with Crippen LogP contribution in [0.25, 0.3) is 5.69 Å². The fraction of sp³-hybridized carbons (Fsp3) is 0.471. The van der Waals surface area contributed by atoms with Crippen LogP contribution in [-0.2, 0) is 6.54 Å². The lowest BCUT2D eigenvalue weighted by molar-refractivity contribution is 0.523. The zero-order valence-corrected chi connectivity index (χ0v) is 12.4. The lowest BCUT2D eigenvalue weighted by Crippen LogP contribution is -2.25. The van der Waals surface area contributed by atoms with Gasteiger partial charge in [0.05, 0.1) is 11.9 Å². The van der Waals surface area contributed by atoms with Crippen LogP contribution < -0.4 is 5.32 Å². The van der Waals surface area contributed by atoms with Crippen molar-refractivity contribution in [3.8, 4) is 5.69 Å². The van der Waals surface area contributed by atoms with E-state index in [1.807, 2.05) is 6.20 Å². The van der Waals surface area contributed by atoms with E-state index in [0.717, 1.165) is 6.54 Å². The summed E-state index contributed by atoms with van der Waals surface area (Å²) in [7, 11) is 0. The van der Waals surface area contributed by atoms with Gasteiger partial charge in [0, 0.05) is 23.8 Å². The third kappa shape index (κ3) is 2.63. The maximum atomic E-state index is 4.57. The van der Waals surface area contributed by atoms with Crippen molar-refractivity contribution in [2.45, 2.75) is 52.1 Å². The molecule has 3 nitrogen and oxygen atoms in total. The predicted octanol–water partition coefficient (Wildman–Crippen LogP) is 3.52. The Kier molecular flexibility index (Phi) is 3.88. The van der Waals surface area contributed by atoms with Crippen molar-refractivity contribution in [1.82, 2.24) is 15.1 Å². The molecule has 3 rings (SSSR count). The molecular weight excluding hydrogens is 246 g/mol. The Balaban J connectivity index is 1.76. The van der Waals surface area contributed by atoms with Gasteiger partial charge in [-0.15, -0.1) is 0 Å². The monoisotopic (exact) mass is 269 g/mol. The van der Waals surface area contributed by atoms with Gasteiger partial charge in [0.1, 0.15) is 0 Å². The standard InChI is InChI=1S/C17H23N3/c1-13-7-3-6-10-17(13)20-14(2)15(12-19-20)11-18-16-8-4-5-9-16/h3,6-7,10,12,16,18H,4-5,8-9,11H2,1-2H3. The molecule has 0 saturated heterocycles. The predicted molar refractivity (Wildman–Crippen MR) is 82.1 cm³/mol. The minimum Gasteiger partial charge on any atom is -0.310 e. The van der Waals surface area contributed by atoms with Crippen LogP contribution in [0.4, 0.5) is 0 Å². The zero-order valence-electron chi connectivity index (χ0n) is 12.4. The highest BCUT2D eigenvalue weighted by molar-refractivity contribution is 5.41. The number of aryl methyl sites for hydroxylation is 1. The molecule has 20 heavy (non-hydrogen) atoms. The molecule has 1 aromatic heterocycles. The van der Waals surface area contributed by atoms with E-state index < -0.39 is 0 Å². The highest BCUT2D eigenvalue weighted by Crippen LogP contribution is 2.20. The van der Waals surface area contributed by atoms with Gasteiger partial charge < -0.3 is 5.32 Å². The minimum atomic E-state index is 0.705. The van der Waals surface area contributed by atoms with Crippen LogP contribution in [0.1, 0.15) is 42.5 Å². The Bertz CT molecular complexity index is 580. The Labute approximate surface area is 121 Å². The quantitative estimate of drug-likeness (QED) is 0.920. The van der Waals surface area contributed by atoms with Gasteiger partial charge in [0.2, 0.25) is 0 Å². The topological polar surface area (TPSA) is 29.9 Å². The number of benzene rings is 1. The lowest BCUT2D eigenvalue weighted by Gasteiger charge is -2.12. The number of rotatable bonds is 4. The second-order valence-electron chi connectivity index (χ2n) is 5.82. The Hall–Kier alpha value is -1.61. The van der Waals surface area contributed by atoms with Crippen LogP contribution in [0.5, 0.6) is 0 Å². The van der Waals surface area contributed by atoms with E-state index in [9.17, 15) is 0 Å². The highest BCUT2D eigenvalue weighted by atomic mass is 15.3. The molecule has 0 spiro atoms. The summed E-state index contributed by atoms with van der Waals surface area (Å²) in [5.74, 6) is 0. The van der Waals surface area contributed by atoms with E-state index in [2.05, 4.69) is 53.2 Å². The van der Waals surface area contributed by atoms with Crippen molar-refractivity contribution in [2.75, 3.05) is 0 Å². The van der Waals surface area contributed by atoms with Crippen LogP contribution in [-0.4, -0.2) is 15.8 Å². The normalized spacial score (nSPS) is 15.9. The molecule has 0 unspecified atom stereocenters. The van der Waals surface area contributed by atoms with Crippen molar-refractivity contribution < 1.29 is 0 Å². The molecular formula is C17H23N3. The molecule has 1 N–H and O–H groups in total. The van der Waals surface area contributed by atoms with Crippen molar-refractivity contribution in [3.05, 3.63) is 47.3 Å². The second kappa shape index (κ2) is 5.80. The van der Waals surface area contributed by atoms with Gasteiger partial charge in [-0.05, 0) is 38.3 Å². The van der Waals surface area contributed by atoms with Crippen LogP contribution in [0, 0.1) is 13.8 Å². The van der Waals surface area contributed by atoms with Gasteiger partial charge in [0.25, 0.3) is 0 Å². The lowest BCUT2D eigenvalue weighted by atomic mass is 10.2. The zero-order chi connectivity index (χ0) is 13.9. The molecule has 0 amide bonds. The first-order valence-electron chi connectivity index (χ1n) is 7.58. The summed E-state index contributed by atoms with van der Waals surface area (Å²) in [5.41, 5.74) is 4.98. The van der Waals surface area contributed by atoms with E-state index >= 15 is 0 Å². The number of hydrogen-bond acceptors (Lipinski definition) is 2. The average Bonchev–Trinajstić information content (AvgIpc) is 3.07. The molecule has 2 aromatic rings. The summed E-state index contributed by atoms with van der Waals surface area (Å²) in [6, 6.07) is 9.10. The van der Waals surface area contributed by atoms with Gasteiger partial charge >= 0.3 is 0 Å². The molecule has 1 aliphatic carbocycles. The first-order valence-corrected chi connectivity index (χ1v) is 7.58. The maximum absolute atomic E-state index is 4.57. The van der Waals surface area contributed by atoms with Crippen molar-refractivity contribution in [3.63, 3.8) is 0 Å². The molecule has 106 valence electrons. The fourth-order valence-corrected chi connectivity index (χ4v) is 3.05. The van der Waals surface area contributed by atoms with E-state index in [4.69, 9.17) is 0 Å². The molecule has 1 aliphatic rings. The Morgan fingerprint density at radius 3 is 2.70 bits per heavy atom. The average molecular weight is 269 g/mol. The van der Waals surface area contributed by atoms with Crippen LogP contribution in [0.3, 0.4) is 0 Å². The van der Waals surface area contributed by atoms with E-state index in [1.165, 1.54) is 48.2 Å². The number of hydrogen-bond donors (Lipinski definition) is 1. The molecule has 0 atom stereocenters. The Morgan fingerprint density at radius 2 is 1.95 bits per heavy atom. The van der Waals surface area contributed by atoms with Gasteiger partial charge in [0.15, 0.2) is 0 Å². The molecule has 3 heteroatoms. The van der Waals surface area contributed by atoms with Gasteiger partial charge in [-0.1, -0.05) is 31.0 Å². The molecule has 1 aromatic carbocycles. The smallest absolute Gasteiger partial charge is 0.0677 e. The number of para-hydroxylation sites is 1. The maximum Gasteiger partial charge on any atom is 0.0677 e. The van der Waals surface area contributed by atoms with Crippen molar-refractivity contribution in [1.29, 1.82) is 0 Å². The van der Waals surface area contributed by atoms with Crippen LogP contribution in [0.2, 0.25) is 0 Å². The SMILES string of the molecule is Cc1ccccc1-n1ncc(CNC2CCCC2)c1C. The van der Waals surface area contributed by atoms with Crippen molar-refractivity contribution >= 4 is 0 Å². The summed E-state index contributed by atoms with van der Waals surface area (Å²) in [6.07, 6.45) is 7.40. The number of nitrogens with one attached hydrogen (secondary N) is 1. The summed E-state index contributed by atoms with van der Waals surface area (Å²) in [6.45, 7) is 5.22. The molecule has 0 aliphatic heterocycles. The van der Waals surface area contributed by atoms with E-state index in [-0.39, 0.29) is 0 Å². The molecule has 0 radical (unpaired) electrons. The summed E-state index contributed by atoms with van der Waals surface area (Å²) >= 11 is 0. The van der Waals surface area contributed by atoms with Crippen LogP contribution in [0.15, 0.2) is 30.5 Å². The molecule has 1 heterocycles. The summed E-state index contributed by atoms with van der Waals surface area (Å²) in [4.78, 5) is 0. The number of nitrogens with zero attached hydrogens (tertiary/aromatic N) is 2. The van der Waals surface area contributed by atoms with Gasteiger partial charge in [-0.2, -0.15) is 5.10 Å². The summed E-state index contributed by atoms with van der Waals surface area (Å²) < 4.78 is 2.06. The Morgan fingerprint density at radius 1 is 1.20 bits per heavy atom. The molecule has 1 fully saturated rings. The third-order valence-electron chi connectivity index (χ3n) is 4.39. The first kappa shape index (κ1) is 13.4. The van der Waals surface area contributed by atoms with Crippen LogP contribution >= 0.6 is 0 Å². The fourth-order valence-electron chi connectivity index (χ4n) is 3.05. The van der Waals surface area contributed by atoms with E-state index in [0.29, 0.717) is 6.04 Å². The third-order valence-corrected chi connectivity index (χ3v) is 4.39. The van der Waals surface area contributed by atoms with Crippen molar-refractivity contribution in [2.24, 2.45) is 0 Å².